The fourth-order valence-corrected chi connectivity index (χ4v) is 5.96. The number of benzene rings is 2. The van der Waals surface area contributed by atoms with Gasteiger partial charge in [-0.1, -0.05) is 25.1 Å². The van der Waals surface area contributed by atoms with Gasteiger partial charge in [0.15, 0.2) is 5.78 Å². The molecule has 3 aromatic rings. The third kappa shape index (κ3) is 2.25. The lowest BCUT2D eigenvalue weighted by Gasteiger charge is -2.55. The van der Waals surface area contributed by atoms with E-state index in [1.54, 1.807) is 6.92 Å². The number of hydrogen-bond donors (Lipinski definition) is 2. The molecule has 0 bridgehead atoms. The molecular formula is C24H25NO4. The number of ketones is 1. The van der Waals surface area contributed by atoms with Crippen LogP contribution in [0.2, 0.25) is 0 Å². The quantitative estimate of drug-likeness (QED) is 0.612. The second-order valence-electron chi connectivity index (χ2n) is 9.04. The average molecular weight is 391 g/mol. The van der Waals surface area contributed by atoms with Crippen molar-refractivity contribution in [2.45, 2.75) is 44.6 Å². The molecule has 0 radical (unpaired) electrons. The van der Waals surface area contributed by atoms with Gasteiger partial charge in [-0.3, -0.25) is 9.59 Å². The Kier molecular flexibility index (Phi) is 3.75. The van der Waals surface area contributed by atoms with Gasteiger partial charge in [-0.15, -0.1) is 0 Å². The van der Waals surface area contributed by atoms with E-state index in [1.807, 2.05) is 24.3 Å². The highest BCUT2D eigenvalue weighted by Gasteiger charge is 2.61. The highest BCUT2D eigenvalue weighted by atomic mass is 16.5. The van der Waals surface area contributed by atoms with E-state index >= 15 is 0 Å². The third-order valence-corrected chi connectivity index (χ3v) is 7.70. The Morgan fingerprint density at radius 3 is 2.69 bits per heavy atom. The number of carbonyl (C=O) groups excluding carboxylic acids is 2. The first-order valence-electron chi connectivity index (χ1n) is 10.2. The number of aromatic nitrogens is 1. The minimum atomic E-state index is -1.11. The molecule has 0 spiro atoms. The summed E-state index contributed by atoms with van der Waals surface area (Å²) in [6.07, 6.45) is 0.634. The Morgan fingerprint density at radius 1 is 1.17 bits per heavy atom. The molecule has 2 N–H and O–H groups in total. The molecule has 2 aromatic carbocycles. The summed E-state index contributed by atoms with van der Waals surface area (Å²) in [7, 11) is 1.35. The molecule has 4 atom stereocenters. The van der Waals surface area contributed by atoms with Crippen LogP contribution in [0, 0.1) is 11.3 Å². The number of ether oxygens (including phenoxy) is 1. The lowest BCUT2D eigenvalue weighted by Crippen LogP contribution is -2.59. The van der Waals surface area contributed by atoms with Crippen molar-refractivity contribution in [2.24, 2.45) is 11.3 Å². The van der Waals surface area contributed by atoms with Crippen LogP contribution < -0.4 is 0 Å². The Labute approximate surface area is 169 Å². The first-order chi connectivity index (χ1) is 13.8. The number of methoxy groups -OCH3 is 1. The van der Waals surface area contributed by atoms with Gasteiger partial charge in [0.25, 0.3) is 0 Å². The fourth-order valence-electron chi connectivity index (χ4n) is 5.96. The lowest BCUT2D eigenvalue weighted by atomic mass is 9.48. The van der Waals surface area contributed by atoms with Gasteiger partial charge in [-0.05, 0) is 54.9 Å². The van der Waals surface area contributed by atoms with E-state index in [-0.39, 0.29) is 18.1 Å². The van der Waals surface area contributed by atoms with Crippen LogP contribution in [0.15, 0.2) is 36.4 Å². The van der Waals surface area contributed by atoms with Crippen molar-refractivity contribution in [3.8, 4) is 0 Å². The summed E-state index contributed by atoms with van der Waals surface area (Å²) in [5.74, 6) is -0.730. The number of Topliss-reactive ketones (excluding diaryl/α,β-unsaturated/α-hetero) is 1. The summed E-state index contributed by atoms with van der Waals surface area (Å²) < 4.78 is 5.08. The fraction of sp³-hybridized carbons (Fsp3) is 0.417. The maximum Gasteiger partial charge on any atom is 0.314 e. The first-order valence-corrected chi connectivity index (χ1v) is 10.2. The molecule has 5 nitrogen and oxygen atoms in total. The number of esters is 1. The molecule has 5 heteroatoms. The summed E-state index contributed by atoms with van der Waals surface area (Å²) in [4.78, 5) is 29.4. The van der Waals surface area contributed by atoms with E-state index in [1.165, 1.54) is 7.11 Å². The van der Waals surface area contributed by atoms with Crippen molar-refractivity contribution in [3.63, 3.8) is 0 Å². The van der Waals surface area contributed by atoms with E-state index in [0.29, 0.717) is 6.42 Å². The molecule has 0 amide bonds. The minimum absolute atomic E-state index is 0.0206. The van der Waals surface area contributed by atoms with Gasteiger partial charge in [0.2, 0.25) is 0 Å². The number of fused-ring (bicyclic) bond motifs is 6. The van der Waals surface area contributed by atoms with Crippen molar-refractivity contribution < 1.29 is 19.4 Å². The lowest BCUT2D eigenvalue weighted by molar-refractivity contribution is -0.174. The van der Waals surface area contributed by atoms with Crippen molar-refractivity contribution in [1.82, 2.24) is 4.98 Å². The zero-order valence-electron chi connectivity index (χ0n) is 16.9. The maximum absolute atomic E-state index is 13.2. The highest BCUT2D eigenvalue weighted by Crippen LogP contribution is 2.58. The van der Waals surface area contributed by atoms with Crippen LogP contribution >= 0.6 is 0 Å². The molecular weight excluding hydrogens is 366 g/mol. The predicted molar refractivity (Wildman–Crippen MR) is 111 cm³/mol. The van der Waals surface area contributed by atoms with Crippen LogP contribution in [0.4, 0.5) is 0 Å². The second kappa shape index (κ2) is 5.92. The van der Waals surface area contributed by atoms with Gasteiger partial charge in [-0.25, -0.2) is 0 Å². The predicted octanol–water partition coefficient (Wildman–Crippen LogP) is 4.12. The summed E-state index contributed by atoms with van der Waals surface area (Å²) in [6.45, 7) is 3.89. The standard InChI is InChI=1S/C24H25NO4/c1-23-9-8-21(27)24(2,22(28)29-3)20(23)12-19(26)15-11-18-14(10-16(15)23)13-6-4-5-7-17(13)25-18/h4-7,10-11,20-21,25,27H,8-9,12H2,1-3H3/t20-,21+,23+,24+/m1/s1. The zero-order valence-corrected chi connectivity index (χ0v) is 16.9. The van der Waals surface area contributed by atoms with Gasteiger partial charge < -0.3 is 14.8 Å². The third-order valence-electron chi connectivity index (χ3n) is 7.70. The van der Waals surface area contributed by atoms with Gasteiger partial charge in [-0.2, -0.15) is 0 Å². The molecule has 0 saturated heterocycles. The molecule has 29 heavy (non-hydrogen) atoms. The van der Waals surface area contributed by atoms with Gasteiger partial charge in [0.05, 0.1) is 18.6 Å². The van der Waals surface area contributed by atoms with Crippen LogP contribution in [0.25, 0.3) is 21.8 Å². The number of aliphatic hydroxyl groups excluding tert-OH is 1. The van der Waals surface area contributed by atoms with Crippen LogP contribution in [-0.2, 0) is 14.9 Å². The number of carbonyl (C=O) groups is 2. The Hall–Kier alpha value is -2.66. The maximum atomic E-state index is 13.2. The number of aliphatic hydroxyl groups is 1. The van der Waals surface area contributed by atoms with Crippen molar-refractivity contribution >= 4 is 33.6 Å². The van der Waals surface area contributed by atoms with Crippen LogP contribution in [0.1, 0.15) is 49.0 Å². The number of aromatic amines is 1. The molecule has 1 aromatic heterocycles. The van der Waals surface area contributed by atoms with Crippen molar-refractivity contribution in [3.05, 3.63) is 47.5 Å². The number of H-pyrrole nitrogens is 1. The number of hydrogen-bond acceptors (Lipinski definition) is 4. The first kappa shape index (κ1) is 18.4. The summed E-state index contributed by atoms with van der Waals surface area (Å²) in [5, 5.41) is 13.0. The van der Waals surface area contributed by atoms with Gasteiger partial charge >= 0.3 is 5.97 Å². The molecule has 0 unspecified atom stereocenters. The highest BCUT2D eigenvalue weighted by molar-refractivity contribution is 6.11. The Morgan fingerprint density at radius 2 is 1.93 bits per heavy atom. The largest absolute Gasteiger partial charge is 0.469 e. The molecule has 150 valence electrons. The SMILES string of the molecule is COC(=O)[C@]1(C)[C@@H](O)CC[C@@]2(C)c3cc4c(cc3C(=O)C[C@@H]12)[nH]c1ccccc14. The molecule has 2 aliphatic rings. The molecule has 1 saturated carbocycles. The van der Waals surface area contributed by atoms with Gasteiger partial charge in [0.1, 0.15) is 0 Å². The van der Waals surface area contributed by atoms with E-state index in [2.05, 4.69) is 24.0 Å². The van der Waals surface area contributed by atoms with E-state index in [4.69, 9.17) is 4.74 Å². The number of rotatable bonds is 1. The molecule has 0 aliphatic heterocycles. The van der Waals surface area contributed by atoms with Crippen LogP contribution in [0.3, 0.4) is 0 Å². The molecule has 1 fully saturated rings. The van der Waals surface area contributed by atoms with Crippen molar-refractivity contribution in [2.75, 3.05) is 7.11 Å². The Bertz CT molecular complexity index is 1180. The monoisotopic (exact) mass is 391 g/mol. The topological polar surface area (TPSA) is 79.4 Å². The van der Waals surface area contributed by atoms with E-state index in [9.17, 15) is 14.7 Å². The minimum Gasteiger partial charge on any atom is -0.469 e. The second-order valence-corrected chi connectivity index (χ2v) is 9.04. The number of nitrogens with one attached hydrogen (secondary N) is 1. The van der Waals surface area contributed by atoms with Crippen LogP contribution in [0.5, 0.6) is 0 Å². The van der Waals surface area contributed by atoms with Crippen LogP contribution in [-0.4, -0.2) is 35.1 Å². The summed E-state index contributed by atoms with van der Waals surface area (Å²) >= 11 is 0. The van der Waals surface area contributed by atoms with Gasteiger partial charge in [0, 0.05) is 33.8 Å². The van der Waals surface area contributed by atoms with E-state index in [0.717, 1.165) is 39.4 Å². The molecule has 5 rings (SSSR count). The molecule has 1 heterocycles. The molecule has 2 aliphatic carbocycles. The number of para-hydroxylation sites is 1. The summed E-state index contributed by atoms with van der Waals surface area (Å²) in [6, 6.07) is 12.2. The van der Waals surface area contributed by atoms with E-state index < -0.39 is 22.9 Å². The summed E-state index contributed by atoms with van der Waals surface area (Å²) in [5.41, 5.74) is 2.20. The Balaban J connectivity index is 1.77. The van der Waals surface area contributed by atoms with Crippen molar-refractivity contribution in [1.29, 1.82) is 0 Å². The smallest absolute Gasteiger partial charge is 0.314 e. The normalized spacial score (nSPS) is 31.5. The zero-order chi connectivity index (χ0) is 20.6. The average Bonchev–Trinajstić information content (AvgIpc) is 3.09.